The Balaban J connectivity index is 1.49. The minimum atomic E-state index is -1.06. The molecule has 0 bridgehead atoms. The van der Waals surface area contributed by atoms with Gasteiger partial charge in [-0.25, -0.2) is 0 Å². The van der Waals surface area contributed by atoms with Crippen molar-refractivity contribution in [1.29, 1.82) is 0 Å². The summed E-state index contributed by atoms with van der Waals surface area (Å²) < 4.78 is -1.05. The number of likely N-dealkylation sites (tertiary alicyclic amines) is 1. The number of nitrogens with two attached hydrogens (primary N) is 1. The zero-order valence-corrected chi connectivity index (χ0v) is 20.0. The van der Waals surface area contributed by atoms with Crippen LogP contribution in [-0.2, 0) is 19.2 Å². The first-order valence-corrected chi connectivity index (χ1v) is 12.7. The van der Waals surface area contributed by atoms with Crippen molar-refractivity contribution in [2.75, 3.05) is 6.54 Å². The average molecular weight is 486 g/mol. The SMILES string of the molecule is C[C@H](C(=O)N1C[C@H]2[C@@H]([C@H]1C(=O)NC(CC1CCC1)C(=O)C(N)=O)C2(Cl)Cl)C1CCCCC1. The molecule has 3 aliphatic carbocycles. The lowest BCUT2D eigenvalue weighted by atomic mass is 9.80. The fourth-order valence-corrected chi connectivity index (χ4v) is 6.78. The molecule has 1 aliphatic heterocycles. The Labute approximate surface area is 199 Å². The van der Waals surface area contributed by atoms with Crippen LogP contribution < -0.4 is 11.1 Å². The molecule has 1 unspecified atom stereocenters. The van der Waals surface area contributed by atoms with E-state index in [-0.39, 0.29) is 29.6 Å². The Morgan fingerprint density at radius 1 is 1.06 bits per heavy atom. The lowest BCUT2D eigenvalue weighted by molar-refractivity contribution is -0.145. The van der Waals surface area contributed by atoms with Gasteiger partial charge >= 0.3 is 0 Å². The van der Waals surface area contributed by atoms with Crippen molar-refractivity contribution in [3.8, 4) is 0 Å². The lowest BCUT2D eigenvalue weighted by Gasteiger charge is -2.35. The second-order valence-corrected chi connectivity index (χ2v) is 11.7. The number of Topliss-reactive ketones (excluding diaryl/α,β-unsaturated/α-hetero) is 1. The van der Waals surface area contributed by atoms with Crippen LogP contribution in [0.2, 0.25) is 0 Å². The fraction of sp³-hybridized carbons (Fsp3) is 0.826. The monoisotopic (exact) mass is 485 g/mol. The fourth-order valence-electron chi connectivity index (χ4n) is 5.95. The quantitative estimate of drug-likeness (QED) is 0.406. The molecule has 9 heteroatoms. The van der Waals surface area contributed by atoms with Crippen molar-refractivity contribution in [3.05, 3.63) is 0 Å². The number of primary amides is 1. The standard InChI is InChI=1S/C23H33Cl2N3O4/c1-12(14-8-3-2-4-9-14)22(32)28-11-15-17(23(15,24)25)18(28)21(31)27-16(19(29)20(26)30)10-13-6-5-7-13/h12-18H,2-11H2,1H3,(H2,26,30)(H,27,31)/t12-,15-,16?,17-,18-/m0/s1. The first-order valence-electron chi connectivity index (χ1n) is 11.9. The van der Waals surface area contributed by atoms with E-state index in [0.29, 0.717) is 18.9 Å². The van der Waals surface area contributed by atoms with Gasteiger partial charge in [-0.05, 0) is 31.1 Å². The predicted octanol–water partition coefficient (Wildman–Crippen LogP) is 2.56. The number of halogens is 2. The van der Waals surface area contributed by atoms with Gasteiger partial charge < -0.3 is 16.0 Å². The van der Waals surface area contributed by atoms with E-state index in [2.05, 4.69) is 5.32 Å². The van der Waals surface area contributed by atoms with Gasteiger partial charge in [-0.3, -0.25) is 19.2 Å². The highest BCUT2D eigenvalue weighted by Gasteiger charge is 2.74. The molecular formula is C23H33Cl2N3O4. The maximum absolute atomic E-state index is 13.4. The van der Waals surface area contributed by atoms with E-state index in [0.717, 1.165) is 44.9 Å². The molecule has 4 fully saturated rings. The molecular weight excluding hydrogens is 453 g/mol. The molecule has 3 saturated carbocycles. The number of piperidine rings is 1. The molecule has 1 heterocycles. The van der Waals surface area contributed by atoms with Crippen LogP contribution in [0.15, 0.2) is 0 Å². The number of ketones is 1. The van der Waals surface area contributed by atoms with E-state index >= 15 is 0 Å². The highest BCUT2D eigenvalue weighted by atomic mass is 35.5. The zero-order valence-electron chi connectivity index (χ0n) is 18.5. The molecule has 1 saturated heterocycles. The highest BCUT2D eigenvalue weighted by Crippen LogP contribution is 2.65. The van der Waals surface area contributed by atoms with Gasteiger partial charge in [0.25, 0.3) is 5.91 Å². The summed E-state index contributed by atoms with van der Waals surface area (Å²) in [5.41, 5.74) is 5.23. The second kappa shape index (κ2) is 9.13. The summed E-state index contributed by atoms with van der Waals surface area (Å²) in [7, 11) is 0. The summed E-state index contributed by atoms with van der Waals surface area (Å²) in [5.74, 6) is -2.50. The number of rotatable bonds is 8. The van der Waals surface area contributed by atoms with Crippen LogP contribution in [0.4, 0.5) is 0 Å². The summed E-state index contributed by atoms with van der Waals surface area (Å²) in [6.45, 7) is 2.28. The largest absolute Gasteiger partial charge is 0.363 e. The summed E-state index contributed by atoms with van der Waals surface area (Å²) in [5, 5.41) is 2.74. The Kier molecular flexibility index (Phi) is 6.79. The van der Waals surface area contributed by atoms with Crippen LogP contribution in [0.5, 0.6) is 0 Å². The van der Waals surface area contributed by atoms with Crippen LogP contribution >= 0.6 is 23.2 Å². The van der Waals surface area contributed by atoms with Gasteiger partial charge in [-0.15, -0.1) is 23.2 Å². The van der Waals surface area contributed by atoms with Gasteiger partial charge in [0, 0.05) is 24.3 Å². The maximum atomic E-state index is 13.4. The average Bonchev–Trinajstić information content (AvgIpc) is 3.08. The third-order valence-corrected chi connectivity index (χ3v) is 9.36. The minimum absolute atomic E-state index is 0.0508. The lowest BCUT2D eigenvalue weighted by Crippen LogP contribution is -2.56. The van der Waals surface area contributed by atoms with E-state index in [1.807, 2.05) is 6.92 Å². The molecule has 0 spiro atoms. The molecule has 0 aromatic rings. The molecule has 178 valence electrons. The van der Waals surface area contributed by atoms with Gasteiger partial charge in [0.15, 0.2) is 0 Å². The first-order chi connectivity index (χ1) is 15.1. The van der Waals surface area contributed by atoms with Crippen molar-refractivity contribution in [2.24, 2.45) is 35.3 Å². The van der Waals surface area contributed by atoms with Crippen LogP contribution in [0.1, 0.15) is 64.7 Å². The van der Waals surface area contributed by atoms with E-state index in [4.69, 9.17) is 28.9 Å². The predicted molar refractivity (Wildman–Crippen MR) is 121 cm³/mol. The Morgan fingerprint density at radius 3 is 2.28 bits per heavy atom. The van der Waals surface area contributed by atoms with Crippen LogP contribution in [0.3, 0.4) is 0 Å². The Morgan fingerprint density at radius 2 is 1.72 bits per heavy atom. The zero-order chi connectivity index (χ0) is 23.2. The maximum Gasteiger partial charge on any atom is 0.287 e. The number of fused-ring (bicyclic) bond motifs is 1. The molecule has 0 radical (unpaired) electrons. The Bertz CT molecular complexity index is 794. The van der Waals surface area contributed by atoms with E-state index in [1.54, 1.807) is 4.90 Å². The van der Waals surface area contributed by atoms with E-state index in [1.165, 1.54) is 6.42 Å². The molecule has 0 aromatic carbocycles. The van der Waals surface area contributed by atoms with Crippen molar-refractivity contribution in [1.82, 2.24) is 10.2 Å². The number of alkyl halides is 2. The summed E-state index contributed by atoms with van der Waals surface area (Å²) in [6, 6.07) is -1.81. The van der Waals surface area contributed by atoms with Crippen molar-refractivity contribution in [2.45, 2.75) is 81.1 Å². The van der Waals surface area contributed by atoms with Gasteiger partial charge in [0.05, 0.1) is 6.04 Å². The van der Waals surface area contributed by atoms with Gasteiger partial charge in [-0.1, -0.05) is 45.4 Å². The van der Waals surface area contributed by atoms with E-state index < -0.39 is 34.0 Å². The molecule has 3 N–H and O–H groups in total. The van der Waals surface area contributed by atoms with E-state index in [9.17, 15) is 19.2 Å². The molecule has 7 nitrogen and oxygen atoms in total. The summed E-state index contributed by atoms with van der Waals surface area (Å²) >= 11 is 12.8. The highest BCUT2D eigenvalue weighted by molar-refractivity contribution is 6.51. The van der Waals surface area contributed by atoms with Crippen LogP contribution in [-0.4, -0.2) is 51.4 Å². The van der Waals surface area contributed by atoms with Crippen LogP contribution in [0.25, 0.3) is 0 Å². The Hall–Kier alpha value is -1.34. The third kappa shape index (κ3) is 4.39. The second-order valence-electron chi connectivity index (χ2n) is 10.3. The number of carbonyl (C=O) groups is 4. The number of carbonyl (C=O) groups excluding carboxylic acids is 4. The molecule has 32 heavy (non-hydrogen) atoms. The number of hydrogen-bond acceptors (Lipinski definition) is 4. The van der Waals surface area contributed by atoms with Crippen molar-refractivity contribution >= 4 is 46.7 Å². The molecule has 5 atom stereocenters. The molecule has 3 amide bonds. The van der Waals surface area contributed by atoms with Gasteiger partial charge in [0.2, 0.25) is 17.6 Å². The number of nitrogens with zero attached hydrogens (tertiary/aromatic N) is 1. The normalized spacial score (nSPS) is 31.2. The molecule has 0 aromatic heterocycles. The molecule has 4 rings (SSSR count). The number of hydrogen-bond donors (Lipinski definition) is 2. The third-order valence-electron chi connectivity index (χ3n) is 8.30. The van der Waals surface area contributed by atoms with Gasteiger partial charge in [-0.2, -0.15) is 0 Å². The van der Waals surface area contributed by atoms with Crippen molar-refractivity contribution in [3.63, 3.8) is 0 Å². The smallest absolute Gasteiger partial charge is 0.287 e. The van der Waals surface area contributed by atoms with Crippen LogP contribution in [0, 0.1) is 29.6 Å². The number of nitrogens with one attached hydrogen (secondary N) is 1. The summed E-state index contributed by atoms with van der Waals surface area (Å²) in [4.78, 5) is 52.4. The number of amides is 3. The molecule has 4 aliphatic rings. The first kappa shape index (κ1) is 23.8. The summed E-state index contributed by atoms with van der Waals surface area (Å²) in [6.07, 6.45) is 8.88. The topological polar surface area (TPSA) is 110 Å². The van der Waals surface area contributed by atoms with Crippen molar-refractivity contribution < 1.29 is 19.2 Å². The minimum Gasteiger partial charge on any atom is -0.363 e. The van der Waals surface area contributed by atoms with Gasteiger partial charge in [0.1, 0.15) is 10.4 Å².